The third-order valence-corrected chi connectivity index (χ3v) is 6.57. The molecule has 136 valence electrons. The highest BCUT2D eigenvalue weighted by atomic mass is 79.9. The van der Waals surface area contributed by atoms with Crippen molar-refractivity contribution in [1.29, 1.82) is 0 Å². The molecule has 0 radical (unpaired) electrons. The van der Waals surface area contributed by atoms with E-state index in [1.165, 1.54) is 46.0 Å². The first-order valence-electron chi connectivity index (χ1n) is 8.11. The predicted molar refractivity (Wildman–Crippen MR) is 97.3 cm³/mol. The Morgan fingerprint density at radius 2 is 1.67 bits per heavy atom. The molecule has 1 heterocycles. The number of nitrogens with one attached hydrogen (secondary N) is 1. The SMILES string of the molecule is COc1cc(Br)c(S(=O)(=O)NCCN2CCCCCC2)cc1OC. The van der Waals surface area contributed by atoms with Crippen LogP contribution in [0, 0.1) is 0 Å². The van der Waals surface area contributed by atoms with E-state index in [9.17, 15) is 8.42 Å². The summed E-state index contributed by atoms with van der Waals surface area (Å²) in [6.45, 7) is 3.21. The van der Waals surface area contributed by atoms with E-state index in [1.54, 1.807) is 6.07 Å². The van der Waals surface area contributed by atoms with Gasteiger partial charge in [0.15, 0.2) is 11.5 Å². The lowest BCUT2D eigenvalue weighted by molar-refractivity contribution is 0.290. The van der Waals surface area contributed by atoms with Gasteiger partial charge in [0.1, 0.15) is 4.90 Å². The van der Waals surface area contributed by atoms with Crippen molar-refractivity contribution in [2.75, 3.05) is 40.4 Å². The van der Waals surface area contributed by atoms with Gasteiger partial charge in [-0.2, -0.15) is 0 Å². The number of ether oxygens (including phenoxy) is 2. The molecule has 1 saturated heterocycles. The van der Waals surface area contributed by atoms with Crippen LogP contribution in [-0.4, -0.2) is 53.7 Å². The maximum absolute atomic E-state index is 12.6. The van der Waals surface area contributed by atoms with Crippen molar-refractivity contribution in [3.05, 3.63) is 16.6 Å². The Morgan fingerprint density at radius 3 is 2.25 bits per heavy atom. The van der Waals surface area contributed by atoms with Crippen LogP contribution in [0.5, 0.6) is 11.5 Å². The molecular weight excluding hydrogens is 396 g/mol. The van der Waals surface area contributed by atoms with Crippen LogP contribution in [0.4, 0.5) is 0 Å². The Balaban J connectivity index is 2.04. The van der Waals surface area contributed by atoms with E-state index in [1.807, 2.05) is 0 Å². The lowest BCUT2D eigenvalue weighted by atomic mass is 10.2. The molecule has 1 aromatic carbocycles. The number of methoxy groups -OCH3 is 2. The second-order valence-corrected chi connectivity index (χ2v) is 8.38. The third-order valence-electron chi connectivity index (χ3n) is 4.15. The summed E-state index contributed by atoms with van der Waals surface area (Å²) in [5, 5.41) is 0. The molecule has 1 aliphatic rings. The summed E-state index contributed by atoms with van der Waals surface area (Å²) >= 11 is 3.30. The van der Waals surface area contributed by atoms with Crippen molar-refractivity contribution in [3.8, 4) is 11.5 Å². The summed E-state index contributed by atoms with van der Waals surface area (Å²) in [4.78, 5) is 2.47. The first-order chi connectivity index (χ1) is 11.5. The zero-order valence-corrected chi connectivity index (χ0v) is 16.6. The fraction of sp³-hybridized carbons (Fsp3) is 0.625. The van der Waals surface area contributed by atoms with Crippen LogP contribution in [0.25, 0.3) is 0 Å². The van der Waals surface area contributed by atoms with Crippen LogP contribution < -0.4 is 14.2 Å². The van der Waals surface area contributed by atoms with Gasteiger partial charge in [0, 0.05) is 23.6 Å². The number of likely N-dealkylation sites (tertiary alicyclic amines) is 1. The molecule has 1 fully saturated rings. The molecule has 0 amide bonds. The van der Waals surface area contributed by atoms with Gasteiger partial charge in [-0.15, -0.1) is 0 Å². The summed E-state index contributed by atoms with van der Waals surface area (Å²) in [5.74, 6) is 0.862. The average molecular weight is 421 g/mol. The molecule has 0 spiro atoms. The molecule has 8 heteroatoms. The van der Waals surface area contributed by atoms with Crippen molar-refractivity contribution in [1.82, 2.24) is 9.62 Å². The maximum Gasteiger partial charge on any atom is 0.241 e. The topological polar surface area (TPSA) is 67.9 Å². The molecule has 0 atom stereocenters. The predicted octanol–water partition coefficient (Wildman–Crippen LogP) is 2.62. The molecule has 0 aromatic heterocycles. The second-order valence-electron chi connectivity index (χ2n) is 5.79. The fourth-order valence-corrected chi connectivity index (χ4v) is 4.87. The van der Waals surface area contributed by atoms with Crippen molar-refractivity contribution in [3.63, 3.8) is 0 Å². The van der Waals surface area contributed by atoms with Crippen molar-refractivity contribution >= 4 is 26.0 Å². The molecule has 0 unspecified atom stereocenters. The van der Waals surface area contributed by atoms with Crippen LogP contribution >= 0.6 is 15.9 Å². The molecule has 6 nitrogen and oxygen atoms in total. The highest BCUT2D eigenvalue weighted by Gasteiger charge is 2.21. The highest BCUT2D eigenvalue weighted by Crippen LogP contribution is 2.35. The third kappa shape index (κ3) is 5.08. The van der Waals surface area contributed by atoms with E-state index in [2.05, 4.69) is 25.6 Å². The minimum atomic E-state index is -3.62. The quantitative estimate of drug-likeness (QED) is 0.733. The molecular formula is C16H25BrN2O4S. The van der Waals surface area contributed by atoms with Gasteiger partial charge in [0.05, 0.1) is 14.2 Å². The fourth-order valence-electron chi connectivity index (χ4n) is 2.82. The Bertz CT molecular complexity index is 644. The summed E-state index contributed by atoms with van der Waals surface area (Å²) in [6.07, 6.45) is 4.91. The number of hydrogen-bond donors (Lipinski definition) is 1. The molecule has 24 heavy (non-hydrogen) atoms. The Hall–Kier alpha value is -0.830. The smallest absolute Gasteiger partial charge is 0.241 e. The van der Waals surface area contributed by atoms with Crippen LogP contribution in [0.3, 0.4) is 0 Å². The van der Waals surface area contributed by atoms with Gasteiger partial charge in [0.2, 0.25) is 10.0 Å². The van der Waals surface area contributed by atoms with Gasteiger partial charge in [-0.1, -0.05) is 12.8 Å². The number of hydrogen-bond acceptors (Lipinski definition) is 5. The zero-order chi connectivity index (χ0) is 17.6. The number of rotatable bonds is 7. The second kappa shape index (κ2) is 9.03. The summed E-state index contributed by atoms with van der Waals surface area (Å²) in [7, 11) is -0.625. The average Bonchev–Trinajstić information content (AvgIpc) is 2.83. The van der Waals surface area contributed by atoms with Crippen molar-refractivity contribution < 1.29 is 17.9 Å². The Morgan fingerprint density at radius 1 is 1.08 bits per heavy atom. The molecule has 1 N–H and O–H groups in total. The zero-order valence-electron chi connectivity index (χ0n) is 14.2. The molecule has 1 aliphatic heterocycles. The van der Waals surface area contributed by atoms with Gasteiger partial charge < -0.3 is 14.4 Å². The minimum Gasteiger partial charge on any atom is -0.493 e. The van der Waals surface area contributed by atoms with Crippen LogP contribution in [-0.2, 0) is 10.0 Å². The van der Waals surface area contributed by atoms with E-state index in [4.69, 9.17) is 9.47 Å². The number of sulfonamides is 1. The van der Waals surface area contributed by atoms with E-state index in [-0.39, 0.29) is 4.90 Å². The van der Waals surface area contributed by atoms with Gasteiger partial charge in [-0.3, -0.25) is 0 Å². The number of benzene rings is 1. The monoisotopic (exact) mass is 420 g/mol. The van der Waals surface area contributed by atoms with E-state index >= 15 is 0 Å². The minimum absolute atomic E-state index is 0.149. The van der Waals surface area contributed by atoms with E-state index in [0.29, 0.717) is 22.5 Å². The first-order valence-corrected chi connectivity index (χ1v) is 10.4. The van der Waals surface area contributed by atoms with Crippen molar-refractivity contribution in [2.24, 2.45) is 0 Å². The largest absolute Gasteiger partial charge is 0.493 e. The van der Waals surface area contributed by atoms with E-state index < -0.39 is 10.0 Å². The summed E-state index contributed by atoms with van der Waals surface area (Å²) < 4.78 is 38.6. The Labute approximate surface area is 152 Å². The number of nitrogens with zero attached hydrogens (tertiary/aromatic N) is 1. The lowest BCUT2D eigenvalue weighted by Gasteiger charge is -2.20. The van der Waals surface area contributed by atoms with Gasteiger partial charge >= 0.3 is 0 Å². The van der Waals surface area contributed by atoms with Crippen LogP contribution in [0.2, 0.25) is 0 Å². The molecule has 1 aromatic rings. The number of halogens is 1. The van der Waals surface area contributed by atoms with Crippen LogP contribution in [0.1, 0.15) is 25.7 Å². The van der Waals surface area contributed by atoms with E-state index in [0.717, 1.165) is 19.6 Å². The summed E-state index contributed by atoms with van der Waals surface area (Å²) in [6, 6.07) is 3.07. The van der Waals surface area contributed by atoms with Gasteiger partial charge in [0.25, 0.3) is 0 Å². The standard InChI is InChI=1S/C16H25BrN2O4S/c1-22-14-11-13(17)16(12-15(14)23-2)24(20,21)18-7-10-19-8-5-3-4-6-9-19/h11-12,18H,3-10H2,1-2H3. The maximum atomic E-state index is 12.6. The van der Waals surface area contributed by atoms with Gasteiger partial charge in [-0.05, 0) is 47.9 Å². The highest BCUT2D eigenvalue weighted by molar-refractivity contribution is 9.10. The van der Waals surface area contributed by atoms with Crippen molar-refractivity contribution in [2.45, 2.75) is 30.6 Å². The van der Waals surface area contributed by atoms with Crippen LogP contribution in [0.15, 0.2) is 21.5 Å². The molecule has 0 bridgehead atoms. The normalized spacial score (nSPS) is 16.6. The summed E-state index contributed by atoms with van der Waals surface area (Å²) in [5.41, 5.74) is 0. The Kier molecular flexibility index (Phi) is 7.34. The first kappa shape index (κ1) is 19.5. The molecule has 0 saturated carbocycles. The molecule has 0 aliphatic carbocycles. The van der Waals surface area contributed by atoms with Gasteiger partial charge in [-0.25, -0.2) is 13.1 Å². The lowest BCUT2D eigenvalue weighted by Crippen LogP contribution is -2.35. The molecule has 2 rings (SSSR count).